The third kappa shape index (κ3) is 4.82. The van der Waals surface area contributed by atoms with Crippen LogP contribution in [0.5, 0.6) is 0 Å². The minimum absolute atomic E-state index is 0.171. The van der Waals surface area contributed by atoms with Crippen molar-refractivity contribution in [1.29, 1.82) is 0 Å². The highest BCUT2D eigenvalue weighted by Gasteiger charge is 2.26. The van der Waals surface area contributed by atoms with Crippen LogP contribution in [0.15, 0.2) is 24.4 Å². The van der Waals surface area contributed by atoms with Crippen LogP contribution in [-0.4, -0.2) is 27.9 Å². The predicted molar refractivity (Wildman–Crippen MR) is 84.9 cm³/mol. The number of thioether (sulfide) groups is 1. The molecule has 0 saturated heterocycles. The molecule has 0 bridgehead atoms. The maximum Gasteiger partial charge on any atom is 0.220 e. The number of rotatable bonds is 6. The van der Waals surface area contributed by atoms with Crippen molar-refractivity contribution in [2.24, 2.45) is 0 Å². The van der Waals surface area contributed by atoms with Crippen molar-refractivity contribution in [1.82, 2.24) is 10.3 Å². The van der Waals surface area contributed by atoms with E-state index in [1.165, 1.54) is 19.3 Å². The van der Waals surface area contributed by atoms with Crippen molar-refractivity contribution in [3.8, 4) is 0 Å². The molecule has 1 saturated carbocycles. The highest BCUT2D eigenvalue weighted by Crippen LogP contribution is 2.28. The molecule has 1 heterocycles. The Balaban J connectivity index is 1.78. The second-order valence-corrected chi connectivity index (χ2v) is 6.79. The first kappa shape index (κ1) is 15.4. The number of amides is 1. The van der Waals surface area contributed by atoms with Gasteiger partial charge >= 0.3 is 0 Å². The van der Waals surface area contributed by atoms with E-state index >= 15 is 0 Å². The summed E-state index contributed by atoms with van der Waals surface area (Å²) in [4.78, 5) is 16.3. The Kier molecular flexibility index (Phi) is 6.37. The SMILES string of the molecule is CCS[C@H]1CCCC[C@H]1NC(=O)CCc1ccccn1. The van der Waals surface area contributed by atoms with Crippen molar-refractivity contribution >= 4 is 17.7 Å². The Bertz CT molecular complexity index is 408. The molecule has 4 heteroatoms. The van der Waals surface area contributed by atoms with Crippen LogP contribution in [0, 0.1) is 0 Å². The Hall–Kier alpha value is -1.03. The zero-order chi connectivity index (χ0) is 14.2. The number of nitrogens with zero attached hydrogens (tertiary/aromatic N) is 1. The molecule has 1 aromatic heterocycles. The number of hydrogen-bond donors (Lipinski definition) is 1. The number of hydrogen-bond acceptors (Lipinski definition) is 3. The van der Waals surface area contributed by atoms with Crippen molar-refractivity contribution < 1.29 is 4.79 Å². The Labute approximate surface area is 125 Å². The van der Waals surface area contributed by atoms with Crippen LogP contribution in [0.2, 0.25) is 0 Å². The van der Waals surface area contributed by atoms with Gasteiger partial charge in [0.2, 0.25) is 5.91 Å². The molecule has 110 valence electrons. The molecule has 2 rings (SSSR count). The summed E-state index contributed by atoms with van der Waals surface area (Å²) in [7, 11) is 0. The molecule has 1 fully saturated rings. The maximum absolute atomic E-state index is 12.1. The van der Waals surface area contributed by atoms with Gasteiger partial charge in [-0.1, -0.05) is 25.8 Å². The molecule has 0 aromatic carbocycles. The summed E-state index contributed by atoms with van der Waals surface area (Å²) in [6.45, 7) is 2.19. The standard InChI is InChI=1S/C16H24N2OS/c1-2-20-15-9-4-3-8-14(15)18-16(19)11-10-13-7-5-6-12-17-13/h5-7,12,14-15H,2-4,8-11H2,1H3,(H,18,19)/t14-,15+/m1/s1. The van der Waals surface area contributed by atoms with E-state index in [4.69, 9.17) is 0 Å². The molecule has 0 unspecified atom stereocenters. The lowest BCUT2D eigenvalue weighted by Gasteiger charge is -2.31. The monoisotopic (exact) mass is 292 g/mol. The number of nitrogens with one attached hydrogen (secondary N) is 1. The largest absolute Gasteiger partial charge is 0.352 e. The summed E-state index contributed by atoms with van der Waals surface area (Å²) in [5, 5.41) is 3.84. The van der Waals surface area contributed by atoms with Gasteiger partial charge in [-0.2, -0.15) is 11.8 Å². The van der Waals surface area contributed by atoms with Crippen LogP contribution in [0.4, 0.5) is 0 Å². The first-order valence-electron chi connectivity index (χ1n) is 7.60. The van der Waals surface area contributed by atoms with E-state index < -0.39 is 0 Å². The normalized spacial score (nSPS) is 22.4. The van der Waals surface area contributed by atoms with Gasteiger partial charge < -0.3 is 5.32 Å². The first-order chi connectivity index (χ1) is 9.79. The minimum Gasteiger partial charge on any atom is -0.352 e. The molecule has 1 amide bonds. The van der Waals surface area contributed by atoms with Crippen LogP contribution >= 0.6 is 11.8 Å². The summed E-state index contributed by atoms with van der Waals surface area (Å²) in [5.74, 6) is 1.30. The minimum atomic E-state index is 0.171. The number of aromatic nitrogens is 1. The number of aryl methyl sites for hydroxylation is 1. The molecule has 2 atom stereocenters. The lowest BCUT2D eigenvalue weighted by molar-refractivity contribution is -0.121. The lowest BCUT2D eigenvalue weighted by Crippen LogP contribution is -2.43. The summed E-state index contributed by atoms with van der Waals surface area (Å²) in [6.07, 6.45) is 7.96. The van der Waals surface area contributed by atoms with E-state index in [1.807, 2.05) is 30.0 Å². The van der Waals surface area contributed by atoms with Crippen molar-refractivity contribution in [2.45, 2.75) is 56.7 Å². The highest BCUT2D eigenvalue weighted by molar-refractivity contribution is 7.99. The Morgan fingerprint density at radius 2 is 2.25 bits per heavy atom. The van der Waals surface area contributed by atoms with Gasteiger partial charge in [0.05, 0.1) is 0 Å². The summed E-state index contributed by atoms with van der Waals surface area (Å²) < 4.78 is 0. The number of carbonyl (C=O) groups excluding carboxylic acids is 1. The van der Waals surface area contributed by atoms with Gasteiger partial charge in [-0.25, -0.2) is 0 Å². The van der Waals surface area contributed by atoms with E-state index in [2.05, 4.69) is 17.2 Å². The molecule has 0 aliphatic heterocycles. The fourth-order valence-electron chi connectivity index (χ4n) is 2.74. The molecule has 1 aromatic rings. The van der Waals surface area contributed by atoms with Gasteiger partial charge in [-0.05, 0) is 37.1 Å². The molecular formula is C16H24N2OS. The first-order valence-corrected chi connectivity index (χ1v) is 8.65. The Morgan fingerprint density at radius 3 is 3.00 bits per heavy atom. The molecular weight excluding hydrogens is 268 g/mol. The quantitative estimate of drug-likeness (QED) is 0.875. The maximum atomic E-state index is 12.1. The summed E-state index contributed by atoms with van der Waals surface area (Å²) in [6, 6.07) is 6.21. The van der Waals surface area contributed by atoms with Crippen LogP contribution < -0.4 is 5.32 Å². The fraction of sp³-hybridized carbons (Fsp3) is 0.625. The van der Waals surface area contributed by atoms with Crippen LogP contribution in [0.25, 0.3) is 0 Å². The van der Waals surface area contributed by atoms with Crippen LogP contribution in [0.1, 0.15) is 44.7 Å². The van der Waals surface area contributed by atoms with E-state index in [0.717, 1.165) is 24.3 Å². The molecule has 1 aliphatic carbocycles. The molecule has 0 radical (unpaired) electrons. The topological polar surface area (TPSA) is 42.0 Å². The van der Waals surface area contributed by atoms with Gasteiger partial charge in [0.15, 0.2) is 0 Å². The smallest absolute Gasteiger partial charge is 0.220 e. The third-order valence-corrected chi connectivity index (χ3v) is 5.09. The van der Waals surface area contributed by atoms with E-state index in [9.17, 15) is 4.79 Å². The fourth-order valence-corrected chi connectivity index (χ4v) is 3.94. The second kappa shape index (κ2) is 8.30. The average Bonchev–Trinajstić information content (AvgIpc) is 2.49. The van der Waals surface area contributed by atoms with E-state index in [1.54, 1.807) is 6.20 Å². The van der Waals surface area contributed by atoms with Gasteiger partial charge in [0, 0.05) is 29.6 Å². The van der Waals surface area contributed by atoms with Gasteiger partial charge in [0.25, 0.3) is 0 Å². The van der Waals surface area contributed by atoms with Gasteiger partial charge in [0.1, 0.15) is 0 Å². The molecule has 0 spiro atoms. The zero-order valence-electron chi connectivity index (χ0n) is 12.2. The van der Waals surface area contributed by atoms with Gasteiger partial charge in [-0.3, -0.25) is 9.78 Å². The van der Waals surface area contributed by atoms with Crippen LogP contribution in [0.3, 0.4) is 0 Å². The summed E-state index contributed by atoms with van der Waals surface area (Å²) in [5.41, 5.74) is 0.991. The average molecular weight is 292 g/mol. The molecule has 1 aliphatic rings. The van der Waals surface area contributed by atoms with E-state index in [0.29, 0.717) is 17.7 Å². The highest BCUT2D eigenvalue weighted by atomic mass is 32.2. The number of carbonyl (C=O) groups is 1. The van der Waals surface area contributed by atoms with Crippen molar-refractivity contribution in [3.63, 3.8) is 0 Å². The second-order valence-electron chi connectivity index (χ2n) is 5.27. The third-order valence-electron chi connectivity index (χ3n) is 3.76. The lowest BCUT2D eigenvalue weighted by atomic mass is 9.94. The Morgan fingerprint density at radius 1 is 1.40 bits per heavy atom. The van der Waals surface area contributed by atoms with Crippen molar-refractivity contribution in [3.05, 3.63) is 30.1 Å². The summed E-state index contributed by atoms with van der Waals surface area (Å²) >= 11 is 1.99. The molecule has 3 nitrogen and oxygen atoms in total. The zero-order valence-corrected chi connectivity index (χ0v) is 13.0. The van der Waals surface area contributed by atoms with Crippen LogP contribution in [-0.2, 0) is 11.2 Å². The molecule has 20 heavy (non-hydrogen) atoms. The van der Waals surface area contributed by atoms with Crippen molar-refractivity contribution in [2.75, 3.05) is 5.75 Å². The predicted octanol–water partition coefficient (Wildman–Crippen LogP) is 3.19. The number of pyridine rings is 1. The van der Waals surface area contributed by atoms with Gasteiger partial charge in [-0.15, -0.1) is 0 Å². The van der Waals surface area contributed by atoms with E-state index in [-0.39, 0.29) is 5.91 Å². The molecule has 1 N–H and O–H groups in total.